The van der Waals surface area contributed by atoms with E-state index in [1.165, 1.54) is 205 Å². The van der Waals surface area contributed by atoms with Gasteiger partial charge in [0.2, 0.25) is 0 Å². The third-order valence-corrected chi connectivity index (χ3v) is 13.1. The lowest BCUT2D eigenvalue weighted by Gasteiger charge is -2.24. The van der Waals surface area contributed by atoms with Crippen LogP contribution < -0.4 is 0 Å². The van der Waals surface area contributed by atoms with Gasteiger partial charge >= 0.3 is 19.8 Å². The van der Waals surface area contributed by atoms with Gasteiger partial charge in [0.15, 0.2) is 6.10 Å². The van der Waals surface area contributed by atoms with Gasteiger partial charge < -0.3 is 18.9 Å². The summed E-state index contributed by atoms with van der Waals surface area (Å²) in [5.41, 5.74) is 0. The molecule has 1 N–H and O–H groups in total. The van der Waals surface area contributed by atoms with Crippen molar-refractivity contribution in [2.75, 3.05) is 47.5 Å². The van der Waals surface area contributed by atoms with Gasteiger partial charge in [-0.3, -0.25) is 18.6 Å². The van der Waals surface area contributed by atoms with Gasteiger partial charge in [-0.15, -0.1) is 0 Å². The van der Waals surface area contributed by atoms with Crippen molar-refractivity contribution in [3.63, 3.8) is 0 Å². The summed E-state index contributed by atoms with van der Waals surface area (Å²) in [4.78, 5) is 35.6. The number of carbonyl (C=O) groups excluding carboxylic acids is 2. The molecular formula is C52H105NO8P+. The molecule has 0 aliphatic heterocycles. The number of likely N-dealkylation sites (N-methyl/N-ethyl adjacent to an activating group) is 1. The number of ether oxygens (including phenoxy) is 2. The zero-order valence-corrected chi connectivity index (χ0v) is 42.8. The number of phosphoric ester groups is 1. The zero-order valence-electron chi connectivity index (χ0n) is 41.9. The molecule has 10 heteroatoms. The van der Waals surface area contributed by atoms with E-state index in [4.69, 9.17) is 18.5 Å². The predicted octanol–water partition coefficient (Wildman–Crippen LogP) is 15.9. The second-order valence-electron chi connectivity index (χ2n) is 19.6. The SMILES string of the molecule is CCCCCCCCCCCCCCCCCCCCCC(=O)OC[C@H](COP(=O)(O)OCC[N+](C)(C)C)OC(=O)CCCCCCCCCCCCCCCCCCCCC. The number of phosphoric acid groups is 1. The normalized spacial score (nSPS) is 13.3. The van der Waals surface area contributed by atoms with Crippen molar-refractivity contribution in [3.05, 3.63) is 0 Å². The van der Waals surface area contributed by atoms with Crippen LogP contribution >= 0.6 is 7.82 Å². The van der Waals surface area contributed by atoms with E-state index in [9.17, 15) is 19.0 Å². The van der Waals surface area contributed by atoms with Crippen molar-refractivity contribution in [3.8, 4) is 0 Å². The smallest absolute Gasteiger partial charge is 0.462 e. The highest BCUT2D eigenvalue weighted by atomic mass is 31.2. The highest BCUT2D eigenvalue weighted by Gasteiger charge is 2.27. The van der Waals surface area contributed by atoms with Crippen molar-refractivity contribution >= 4 is 19.8 Å². The second kappa shape index (κ2) is 45.2. The number of nitrogens with zero attached hydrogens (tertiary/aromatic N) is 1. The Morgan fingerprint density at radius 1 is 0.435 bits per heavy atom. The fourth-order valence-electron chi connectivity index (χ4n) is 7.96. The van der Waals surface area contributed by atoms with Crippen LogP contribution in [-0.4, -0.2) is 74.9 Å². The third kappa shape index (κ3) is 48.5. The van der Waals surface area contributed by atoms with E-state index in [2.05, 4.69) is 13.8 Å². The Balaban J connectivity index is 4.17. The molecule has 0 aromatic rings. The van der Waals surface area contributed by atoms with Crippen molar-refractivity contribution in [1.82, 2.24) is 0 Å². The average molecular weight is 903 g/mol. The summed E-state index contributed by atoms with van der Waals surface area (Å²) in [6, 6.07) is 0. The monoisotopic (exact) mass is 903 g/mol. The maximum atomic E-state index is 12.8. The Morgan fingerprint density at radius 2 is 0.726 bits per heavy atom. The summed E-state index contributed by atoms with van der Waals surface area (Å²) in [5.74, 6) is -0.776. The minimum Gasteiger partial charge on any atom is -0.462 e. The molecule has 0 aliphatic carbocycles. The molecule has 0 fully saturated rings. The Bertz CT molecular complexity index is 1020. The molecular weight excluding hydrogens is 798 g/mol. The van der Waals surface area contributed by atoms with Gasteiger partial charge in [-0.1, -0.05) is 245 Å². The highest BCUT2D eigenvalue weighted by molar-refractivity contribution is 7.47. The van der Waals surface area contributed by atoms with E-state index in [1.807, 2.05) is 21.1 Å². The molecule has 1 unspecified atom stereocenters. The molecule has 0 bridgehead atoms. The molecule has 0 aromatic heterocycles. The Morgan fingerprint density at radius 3 is 1.03 bits per heavy atom. The Hall–Kier alpha value is -0.990. The summed E-state index contributed by atoms with van der Waals surface area (Å²) in [6.45, 7) is 4.50. The van der Waals surface area contributed by atoms with E-state index in [0.717, 1.165) is 38.5 Å². The van der Waals surface area contributed by atoms with Crippen molar-refractivity contribution < 1.29 is 42.1 Å². The lowest BCUT2D eigenvalue weighted by molar-refractivity contribution is -0.870. The molecule has 0 saturated heterocycles. The van der Waals surface area contributed by atoms with Crippen molar-refractivity contribution in [2.45, 2.75) is 277 Å². The number of unbranched alkanes of at least 4 members (excludes halogenated alkanes) is 36. The van der Waals surface area contributed by atoms with Gasteiger partial charge in [-0.25, -0.2) is 4.57 Å². The van der Waals surface area contributed by atoms with Crippen LogP contribution in [0.1, 0.15) is 271 Å². The first-order valence-corrected chi connectivity index (χ1v) is 28.3. The van der Waals surface area contributed by atoms with E-state index in [1.54, 1.807) is 0 Å². The van der Waals surface area contributed by atoms with Crippen LogP contribution in [0.3, 0.4) is 0 Å². The molecule has 0 amide bonds. The second-order valence-corrected chi connectivity index (χ2v) is 21.1. The minimum atomic E-state index is -4.37. The number of hydrogen-bond acceptors (Lipinski definition) is 7. The van der Waals surface area contributed by atoms with E-state index in [0.29, 0.717) is 17.4 Å². The lowest BCUT2D eigenvalue weighted by Crippen LogP contribution is -2.37. The topological polar surface area (TPSA) is 108 Å². The van der Waals surface area contributed by atoms with Gasteiger partial charge in [0.25, 0.3) is 0 Å². The molecule has 0 radical (unpaired) electrons. The first-order valence-electron chi connectivity index (χ1n) is 26.8. The van der Waals surface area contributed by atoms with Crippen LogP contribution in [0.5, 0.6) is 0 Å². The zero-order chi connectivity index (χ0) is 45.7. The highest BCUT2D eigenvalue weighted by Crippen LogP contribution is 2.43. The first-order chi connectivity index (χ1) is 30.0. The van der Waals surface area contributed by atoms with Crippen LogP contribution in [0.4, 0.5) is 0 Å². The summed E-state index contributed by atoms with van der Waals surface area (Å²) in [7, 11) is 1.50. The summed E-state index contributed by atoms with van der Waals surface area (Å²) >= 11 is 0. The summed E-state index contributed by atoms with van der Waals surface area (Å²) in [6.07, 6.45) is 48.7. The number of carbonyl (C=O) groups is 2. The molecule has 0 saturated carbocycles. The van der Waals surface area contributed by atoms with E-state index in [-0.39, 0.29) is 25.6 Å². The first kappa shape index (κ1) is 61.0. The maximum absolute atomic E-state index is 12.8. The van der Waals surface area contributed by atoms with Crippen LogP contribution in [0, 0.1) is 0 Å². The largest absolute Gasteiger partial charge is 0.472 e. The van der Waals surface area contributed by atoms with Crippen molar-refractivity contribution in [1.29, 1.82) is 0 Å². The van der Waals surface area contributed by atoms with Crippen LogP contribution in [0.15, 0.2) is 0 Å². The number of rotatable bonds is 50. The van der Waals surface area contributed by atoms with Crippen LogP contribution in [0.25, 0.3) is 0 Å². The quantitative estimate of drug-likeness (QED) is 0.0278. The number of quaternary nitrogens is 1. The predicted molar refractivity (Wildman–Crippen MR) is 261 cm³/mol. The molecule has 0 aliphatic rings. The molecule has 2 atom stereocenters. The molecule has 62 heavy (non-hydrogen) atoms. The molecule has 0 aromatic carbocycles. The molecule has 0 spiro atoms. The van der Waals surface area contributed by atoms with Gasteiger partial charge in [-0.05, 0) is 12.8 Å². The van der Waals surface area contributed by atoms with E-state index >= 15 is 0 Å². The van der Waals surface area contributed by atoms with Gasteiger partial charge in [0.05, 0.1) is 27.7 Å². The van der Waals surface area contributed by atoms with Gasteiger partial charge in [0, 0.05) is 12.8 Å². The Kier molecular flexibility index (Phi) is 44.5. The fourth-order valence-corrected chi connectivity index (χ4v) is 8.70. The summed E-state index contributed by atoms with van der Waals surface area (Å²) < 4.78 is 34.5. The summed E-state index contributed by atoms with van der Waals surface area (Å²) in [5, 5.41) is 0. The average Bonchev–Trinajstić information content (AvgIpc) is 3.23. The fraction of sp³-hybridized carbons (Fsp3) is 0.962. The van der Waals surface area contributed by atoms with Gasteiger partial charge in [0.1, 0.15) is 19.8 Å². The number of hydrogen-bond donors (Lipinski definition) is 1. The molecule has 0 heterocycles. The Labute approximate surface area is 384 Å². The maximum Gasteiger partial charge on any atom is 0.472 e. The molecule has 0 rings (SSSR count). The minimum absolute atomic E-state index is 0.0373. The standard InChI is InChI=1S/C52H104NO8P/c1-6-8-10-12-14-16-18-20-22-24-26-28-30-32-34-36-38-40-42-44-51(54)58-48-50(49-60-62(56,57)59-47-46-53(3,4)5)61-52(55)45-43-41-39-37-35-33-31-29-27-25-23-21-19-17-15-13-11-9-7-2/h50H,6-49H2,1-5H3/p+1/t50-/m1/s1. The lowest BCUT2D eigenvalue weighted by atomic mass is 10.0. The molecule has 9 nitrogen and oxygen atoms in total. The van der Waals surface area contributed by atoms with Crippen LogP contribution in [0.2, 0.25) is 0 Å². The molecule has 370 valence electrons. The number of esters is 2. The third-order valence-electron chi connectivity index (χ3n) is 12.1. The van der Waals surface area contributed by atoms with Crippen molar-refractivity contribution in [2.24, 2.45) is 0 Å². The van der Waals surface area contributed by atoms with Crippen LogP contribution in [-0.2, 0) is 32.7 Å². The van der Waals surface area contributed by atoms with E-state index < -0.39 is 26.5 Å². The van der Waals surface area contributed by atoms with Gasteiger partial charge in [-0.2, -0.15) is 0 Å².